The van der Waals surface area contributed by atoms with Crippen molar-refractivity contribution in [2.24, 2.45) is 11.8 Å². The standard InChI is InChI=1S/C17H20N2O2/c1-11-8-9-19(10-12(11)2)16-7-6-13-14(17(20)21)4-3-5-15(13)18-16/h3-7,11-12H,8-10H2,1-2H3,(H,20,21). The summed E-state index contributed by atoms with van der Waals surface area (Å²) in [7, 11) is 0. The zero-order valence-corrected chi connectivity index (χ0v) is 12.4. The van der Waals surface area contributed by atoms with Crippen molar-refractivity contribution in [1.82, 2.24) is 4.98 Å². The second-order valence-corrected chi connectivity index (χ2v) is 6.04. The van der Waals surface area contributed by atoms with Gasteiger partial charge in [-0.05, 0) is 42.5 Å². The normalized spacial score (nSPS) is 22.5. The van der Waals surface area contributed by atoms with E-state index in [1.54, 1.807) is 12.1 Å². The molecule has 1 aliphatic rings. The predicted molar refractivity (Wildman–Crippen MR) is 83.9 cm³/mol. The molecule has 110 valence electrons. The number of aromatic nitrogens is 1. The Kier molecular flexibility index (Phi) is 3.53. The van der Waals surface area contributed by atoms with Crippen molar-refractivity contribution in [3.05, 3.63) is 35.9 Å². The first-order valence-electron chi connectivity index (χ1n) is 7.44. The van der Waals surface area contributed by atoms with Gasteiger partial charge in [0.1, 0.15) is 5.82 Å². The van der Waals surface area contributed by atoms with Crippen LogP contribution in [0.15, 0.2) is 30.3 Å². The Hall–Kier alpha value is -2.10. The Morgan fingerprint density at radius 1 is 1.24 bits per heavy atom. The van der Waals surface area contributed by atoms with Crippen molar-refractivity contribution in [2.75, 3.05) is 18.0 Å². The summed E-state index contributed by atoms with van der Waals surface area (Å²) >= 11 is 0. The van der Waals surface area contributed by atoms with Gasteiger partial charge in [0.2, 0.25) is 0 Å². The molecule has 1 fully saturated rings. The zero-order valence-electron chi connectivity index (χ0n) is 12.4. The van der Waals surface area contributed by atoms with Gasteiger partial charge in [-0.25, -0.2) is 9.78 Å². The van der Waals surface area contributed by atoms with Crippen LogP contribution in [0.3, 0.4) is 0 Å². The molecule has 3 rings (SSSR count). The lowest BCUT2D eigenvalue weighted by molar-refractivity contribution is 0.0699. The molecule has 0 spiro atoms. The van der Waals surface area contributed by atoms with Crippen LogP contribution in [0.2, 0.25) is 0 Å². The fourth-order valence-electron chi connectivity index (χ4n) is 2.98. The van der Waals surface area contributed by atoms with E-state index in [2.05, 4.69) is 23.7 Å². The molecule has 1 saturated heterocycles. The number of aromatic carboxylic acids is 1. The van der Waals surface area contributed by atoms with E-state index in [4.69, 9.17) is 0 Å². The van der Waals surface area contributed by atoms with Crippen LogP contribution in [0.25, 0.3) is 10.9 Å². The quantitative estimate of drug-likeness (QED) is 0.918. The topological polar surface area (TPSA) is 53.4 Å². The molecule has 0 radical (unpaired) electrons. The van der Waals surface area contributed by atoms with Crippen LogP contribution in [0.4, 0.5) is 5.82 Å². The highest BCUT2D eigenvalue weighted by Crippen LogP contribution is 2.27. The molecule has 0 aliphatic carbocycles. The molecule has 0 saturated carbocycles. The number of rotatable bonds is 2. The zero-order chi connectivity index (χ0) is 15.0. The highest BCUT2D eigenvalue weighted by molar-refractivity contribution is 6.02. The van der Waals surface area contributed by atoms with Crippen LogP contribution >= 0.6 is 0 Å². The molecule has 2 atom stereocenters. The van der Waals surface area contributed by atoms with Gasteiger partial charge in [-0.2, -0.15) is 0 Å². The number of fused-ring (bicyclic) bond motifs is 1. The van der Waals surface area contributed by atoms with Crippen molar-refractivity contribution in [2.45, 2.75) is 20.3 Å². The van der Waals surface area contributed by atoms with Crippen molar-refractivity contribution in [1.29, 1.82) is 0 Å². The SMILES string of the molecule is CC1CCN(c2ccc3c(C(=O)O)cccc3n2)CC1C. The average molecular weight is 284 g/mol. The number of carboxylic acids is 1. The number of nitrogens with zero attached hydrogens (tertiary/aromatic N) is 2. The van der Waals surface area contributed by atoms with Gasteiger partial charge < -0.3 is 10.0 Å². The minimum atomic E-state index is -0.907. The third kappa shape index (κ3) is 2.58. The predicted octanol–water partition coefficient (Wildman–Crippen LogP) is 3.42. The van der Waals surface area contributed by atoms with Crippen LogP contribution < -0.4 is 4.90 Å². The van der Waals surface area contributed by atoms with Gasteiger partial charge in [0.25, 0.3) is 0 Å². The summed E-state index contributed by atoms with van der Waals surface area (Å²) in [6, 6.07) is 9.07. The van der Waals surface area contributed by atoms with E-state index in [0.717, 1.165) is 30.3 Å². The third-order valence-electron chi connectivity index (χ3n) is 4.61. The van der Waals surface area contributed by atoms with E-state index in [1.807, 2.05) is 18.2 Å². The molecule has 2 heterocycles. The summed E-state index contributed by atoms with van der Waals surface area (Å²) in [6.45, 7) is 6.61. The molecule has 2 aromatic rings. The molecule has 0 bridgehead atoms. The lowest BCUT2D eigenvalue weighted by Crippen LogP contribution is -2.38. The first kappa shape index (κ1) is 13.9. The molecular weight excluding hydrogens is 264 g/mol. The number of anilines is 1. The monoisotopic (exact) mass is 284 g/mol. The summed E-state index contributed by atoms with van der Waals surface area (Å²) in [5.74, 6) is 1.45. The number of benzene rings is 1. The van der Waals surface area contributed by atoms with Crippen LogP contribution in [0.1, 0.15) is 30.6 Å². The van der Waals surface area contributed by atoms with Crippen molar-refractivity contribution in [3.8, 4) is 0 Å². The van der Waals surface area contributed by atoms with E-state index in [9.17, 15) is 9.90 Å². The summed E-state index contributed by atoms with van der Waals surface area (Å²) in [5.41, 5.74) is 1.06. The Balaban J connectivity index is 1.97. The number of carbonyl (C=O) groups is 1. The molecule has 1 aliphatic heterocycles. The summed E-state index contributed by atoms with van der Waals surface area (Å²) in [5, 5.41) is 9.93. The highest BCUT2D eigenvalue weighted by atomic mass is 16.4. The summed E-state index contributed by atoms with van der Waals surface area (Å²) < 4.78 is 0. The number of hydrogen-bond donors (Lipinski definition) is 1. The summed E-state index contributed by atoms with van der Waals surface area (Å²) in [4.78, 5) is 18.2. The van der Waals surface area contributed by atoms with Crippen LogP contribution in [0.5, 0.6) is 0 Å². The van der Waals surface area contributed by atoms with Gasteiger partial charge in [-0.3, -0.25) is 0 Å². The fraction of sp³-hybridized carbons (Fsp3) is 0.412. The van der Waals surface area contributed by atoms with E-state index < -0.39 is 5.97 Å². The van der Waals surface area contributed by atoms with Gasteiger partial charge in [-0.1, -0.05) is 19.9 Å². The highest BCUT2D eigenvalue weighted by Gasteiger charge is 2.23. The molecule has 4 heteroatoms. The first-order valence-corrected chi connectivity index (χ1v) is 7.44. The summed E-state index contributed by atoms with van der Waals surface area (Å²) in [6.07, 6.45) is 1.18. The van der Waals surface area contributed by atoms with Crippen molar-refractivity contribution < 1.29 is 9.90 Å². The Bertz CT molecular complexity index is 684. The van der Waals surface area contributed by atoms with E-state index in [0.29, 0.717) is 16.9 Å². The van der Waals surface area contributed by atoms with Crippen molar-refractivity contribution in [3.63, 3.8) is 0 Å². The number of piperidine rings is 1. The maximum absolute atomic E-state index is 11.2. The van der Waals surface area contributed by atoms with Crippen molar-refractivity contribution >= 4 is 22.7 Å². The Morgan fingerprint density at radius 2 is 2.05 bits per heavy atom. The lowest BCUT2D eigenvalue weighted by atomic mass is 9.89. The maximum Gasteiger partial charge on any atom is 0.336 e. The number of hydrogen-bond acceptors (Lipinski definition) is 3. The van der Waals surface area contributed by atoms with Gasteiger partial charge in [-0.15, -0.1) is 0 Å². The smallest absolute Gasteiger partial charge is 0.336 e. The van der Waals surface area contributed by atoms with Gasteiger partial charge in [0.05, 0.1) is 11.1 Å². The molecule has 4 nitrogen and oxygen atoms in total. The van der Waals surface area contributed by atoms with E-state index in [-0.39, 0.29) is 0 Å². The molecule has 21 heavy (non-hydrogen) atoms. The minimum absolute atomic E-state index is 0.312. The molecule has 1 aromatic heterocycles. The minimum Gasteiger partial charge on any atom is -0.478 e. The van der Waals surface area contributed by atoms with Gasteiger partial charge in [0, 0.05) is 18.5 Å². The molecule has 1 aromatic carbocycles. The molecule has 1 N–H and O–H groups in total. The van der Waals surface area contributed by atoms with Crippen LogP contribution in [-0.2, 0) is 0 Å². The number of carboxylic acid groups (broad SMARTS) is 1. The molecule has 2 unspecified atom stereocenters. The van der Waals surface area contributed by atoms with E-state index >= 15 is 0 Å². The molecule has 0 amide bonds. The lowest BCUT2D eigenvalue weighted by Gasteiger charge is -2.36. The fourth-order valence-corrected chi connectivity index (χ4v) is 2.98. The molecular formula is C17H20N2O2. The largest absolute Gasteiger partial charge is 0.478 e. The van der Waals surface area contributed by atoms with Gasteiger partial charge in [0.15, 0.2) is 0 Å². The average Bonchev–Trinajstić information content (AvgIpc) is 2.48. The number of pyridine rings is 1. The Morgan fingerprint density at radius 3 is 2.76 bits per heavy atom. The van der Waals surface area contributed by atoms with Crippen LogP contribution in [-0.4, -0.2) is 29.1 Å². The second-order valence-electron chi connectivity index (χ2n) is 6.04. The van der Waals surface area contributed by atoms with Gasteiger partial charge >= 0.3 is 5.97 Å². The Labute approximate surface area is 124 Å². The first-order chi connectivity index (χ1) is 10.1. The third-order valence-corrected chi connectivity index (χ3v) is 4.61. The van der Waals surface area contributed by atoms with Crippen LogP contribution in [0, 0.1) is 11.8 Å². The second kappa shape index (κ2) is 5.35. The maximum atomic E-state index is 11.2. The van der Waals surface area contributed by atoms with E-state index in [1.165, 1.54) is 6.42 Å².